The minimum Gasteiger partial charge on any atom is -0.384 e. The number of fused-ring (bicyclic) bond motifs is 1. The van der Waals surface area contributed by atoms with Gasteiger partial charge in [-0.2, -0.15) is 18.4 Å². The van der Waals surface area contributed by atoms with E-state index >= 15 is 0 Å². The first-order chi connectivity index (χ1) is 21.0. The van der Waals surface area contributed by atoms with E-state index in [9.17, 15) is 18.0 Å². The summed E-state index contributed by atoms with van der Waals surface area (Å²) in [5, 5.41) is 20.3. The summed E-state index contributed by atoms with van der Waals surface area (Å²) in [5.41, 5.74) is 2.21. The molecule has 232 valence electrons. The molecule has 1 amide bonds. The summed E-state index contributed by atoms with van der Waals surface area (Å²) in [6.07, 6.45) is 3.74. The maximum Gasteiger partial charge on any atom is 0.416 e. The number of carbonyl (C=O) groups excluding carboxylic acids is 1. The Bertz CT molecular complexity index is 1620. The van der Waals surface area contributed by atoms with E-state index in [0.29, 0.717) is 29.2 Å². The monoisotopic (exact) mass is 608 g/mol. The van der Waals surface area contributed by atoms with Crippen molar-refractivity contribution in [3.05, 3.63) is 64.7 Å². The van der Waals surface area contributed by atoms with Gasteiger partial charge in [0.1, 0.15) is 0 Å². The molecule has 2 atom stereocenters. The van der Waals surface area contributed by atoms with Gasteiger partial charge in [0.25, 0.3) is 12.2 Å². The van der Waals surface area contributed by atoms with E-state index in [4.69, 9.17) is 10.00 Å². The normalized spacial score (nSPS) is 20.6. The number of nitrogens with one attached hydrogen (secondary N) is 2. The average molecular weight is 609 g/mol. The van der Waals surface area contributed by atoms with Crippen molar-refractivity contribution in [1.29, 1.82) is 5.26 Å². The van der Waals surface area contributed by atoms with Crippen LogP contribution in [0, 0.1) is 11.3 Å². The standard InChI is InChI=1S/C32H37F3N7O2/c1-31(8-4-9-31)38-16-20-12-24-25(26(13-20)32(33,34)35)17-41(30(24)43)27-15-21(37-11-5-10-36)14-23(22-6-7-28(22)44-3)29(27)42-19-40(2)18-39-42/h12-15,18-19,22,28,37-38H,4-9,11,16-17H2,1-3H3/q+1/t22?,28-/m0/s1. The summed E-state index contributed by atoms with van der Waals surface area (Å²) >= 11 is 0. The van der Waals surface area contributed by atoms with Crippen molar-refractivity contribution in [1.82, 2.24) is 15.1 Å². The zero-order valence-corrected chi connectivity index (χ0v) is 25.2. The van der Waals surface area contributed by atoms with Crippen LogP contribution in [0.4, 0.5) is 24.5 Å². The lowest BCUT2D eigenvalue weighted by Gasteiger charge is -2.39. The Balaban J connectivity index is 1.47. The van der Waals surface area contributed by atoms with Crippen LogP contribution in [-0.4, -0.2) is 41.0 Å². The van der Waals surface area contributed by atoms with Gasteiger partial charge in [0.05, 0.1) is 43.4 Å². The van der Waals surface area contributed by atoms with Crippen molar-refractivity contribution < 1.29 is 27.3 Å². The molecular weight excluding hydrogens is 571 g/mol. The number of alkyl halides is 3. The van der Waals surface area contributed by atoms with Crippen LogP contribution in [0.1, 0.15) is 84.0 Å². The number of aryl methyl sites for hydroxylation is 1. The number of rotatable bonds is 10. The van der Waals surface area contributed by atoms with Crippen LogP contribution in [0.2, 0.25) is 0 Å². The third-order valence-electron chi connectivity index (χ3n) is 9.35. The maximum atomic E-state index is 14.5. The van der Waals surface area contributed by atoms with Crippen molar-refractivity contribution in [3.8, 4) is 11.8 Å². The molecule has 2 aromatic carbocycles. The van der Waals surface area contributed by atoms with Gasteiger partial charge in [-0.3, -0.25) is 4.79 Å². The topological polar surface area (TPSA) is 99.1 Å². The molecule has 9 nitrogen and oxygen atoms in total. The second kappa shape index (κ2) is 11.5. The van der Waals surface area contributed by atoms with Gasteiger partial charge < -0.3 is 20.3 Å². The first kappa shape index (κ1) is 30.1. The van der Waals surface area contributed by atoms with Crippen molar-refractivity contribution in [2.45, 2.75) is 82.3 Å². The summed E-state index contributed by atoms with van der Waals surface area (Å²) in [5.74, 6) is -0.491. The molecule has 44 heavy (non-hydrogen) atoms. The maximum absolute atomic E-state index is 14.5. The zero-order valence-electron chi connectivity index (χ0n) is 25.2. The predicted octanol–water partition coefficient (Wildman–Crippen LogP) is 5.13. The van der Waals surface area contributed by atoms with Crippen LogP contribution < -0.4 is 20.1 Å². The van der Waals surface area contributed by atoms with E-state index < -0.39 is 17.6 Å². The third-order valence-corrected chi connectivity index (χ3v) is 9.35. The Kier molecular flexibility index (Phi) is 7.88. The molecule has 0 radical (unpaired) electrons. The Morgan fingerprint density at radius 1 is 1.23 bits per heavy atom. The molecule has 12 heteroatoms. The summed E-state index contributed by atoms with van der Waals surface area (Å²) in [4.78, 5) is 15.6. The average Bonchev–Trinajstić information content (AvgIpc) is 3.52. The fourth-order valence-corrected chi connectivity index (χ4v) is 6.55. The highest BCUT2D eigenvalue weighted by Crippen LogP contribution is 2.47. The molecule has 0 spiro atoms. The molecule has 2 aliphatic carbocycles. The van der Waals surface area contributed by atoms with Gasteiger partial charge >= 0.3 is 6.18 Å². The number of aromatic nitrogens is 3. The number of nitrogens with zero attached hydrogens (tertiary/aromatic N) is 5. The minimum atomic E-state index is -4.63. The molecule has 1 aromatic heterocycles. The molecule has 0 bridgehead atoms. The molecule has 2 heterocycles. The number of halogens is 3. The van der Waals surface area contributed by atoms with Gasteiger partial charge in [-0.1, -0.05) is 4.68 Å². The van der Waals surface area contributed by atoms with Crippen LogP contribution in [0.25, 0.3) is 5.69 Å². The van der Waals surface area contributed by atoms with Gasteiger partial charge in [-0.15, -0.1) is 0 Å². The largest absolute Gasteiger partial charge is 0.416 e. The fourth-order valence-electron chi connectivity index (χ4n) is 6.55. The molecule has 2 saturated carbocycles. The second-order valence-corrected chi connectivity index (χ2v) is 12.4. The lowest BCUT2D eigenvalue weighted by Crippen LogP contribution is -2.47. The van der Waals surface area contributed by atoms with Gasteiger partial charge in [-0.05, 0) is 74.4 Å². The number of nitriles is 1. The van der Waals surface area contributed by atoms with E-state index in [-0.39, 0.29) is 48.2 Å². The molecule has 3 aliphatic rings. The number of carbonyl (C=O) groups is 1. The number of ether oxygens (including phenoxy) is 1. The van der Waals surface area contributed by atoms with E-state index in [0.717, 1.165) is 37.7 Å². The zero-order chi connectivity index (χ0) is 31.2. The highest BCUT2D eigenvalue weighted by atomic mass is 19.4. The highest BCUT2D eigenvalue weighted by Gasteiger charge is 2.43. The molecule has 2 fully saturated rings. The predicted molar refractivity (Wildman–Crippen MR) is 157 cm³/mol. The Morgan fingerprint density at radius 2 is 2.02 bits per heavy atom. The van der Waals surface area contributed by atoms with Crippen molar-refractivity contribution in [2.24, 2.45) is 7.05 Å². The SMILES string of the molecule is CO[C@H]1CCC1c1cc(NCCC#N)cc(N2Cc3c(cc(CNC4(C)CCC4)cc3C(F)(F)F)C2=O)c1-n1c[n+](C)cn1. The number of amides is 1. The molecule has 6 rings (SSSR count). The summed E-state index contributed by atoms with van der Waals surface area (Å²) in [6, 6.07) is 8.66. The van der Waals surface area contributed by atoms with Gasteiger partial charge in [0, 0.05) is 53.6 Å². The van der Waals surface area contributed by atoms with Crippen molar-refractivity contribution in [3.63, 3.8) is 0 Å². The van der Waals surface area contributed by atoms with Gasteiger partial charge in [0.2, 0.25) is 6.33 Å². The molecular formula is C32H37F3N7O2+. The number of hydrogen-bond donors (Lipinski definition) is 2. The lowest BCUT2D eigenvalue weighted by molar-refractivity contribution is -0.672. The number of hydrogen-bond acceptors (Lipinski definition) is 6. The summed E-state index contributed by atoms with van der Waals surface area (Å²) in [7, 11) is 3.49. The smallest absolute Gasteiger partial charge is 0.384 e. The Hall–Kier alpha value is -3.95. The fraction of sp³-hybridized carbons (Fsp3) is 0.500. The van der Waals surface area contributed by atoms with Gasteiger partial charge in [-0.25, -0.2) is 4.57 Å². The van der Waals surface area contributed by atoms with E-state index in [1.165, 1.54) is 11.0 Å². The minimum absolute atomic E-state index is 0.00247. The molecule has 1 aliphatic heterocycles. The first-order valence-corrected chi connectivity index (χ1v) is 15.0. The third kappa shape index (κ3) is 5.55. The quantitative estimate of drug-likeness (QED) is 0.245. The first-order valence-electron chi connectivity index (χ1n) is 15.0. The Morgan fingerprint density at radius 3 is 2.61 bits per heavy atom. The van der Waals surface area contributed by atoms with Crippen LogP contribution in [0.15, 0.2) is 36.9 Å². The lowest BCUT2D eigenvalue weighted by atomic mass is 9.76. The van der Waals surface area contributed by atoms with E-state index in [1.54, 1.807) is 41.1 Å². The van der Waals surface area contributed by atoms with Crippen LogP contribution in [0.3, 0.4) is 0 Å². The van der Waals surface area contributed by atoms with Crippen LogP contribution >= 0.6 is 0 Å². The van der Waals surface area contributed by atoms with Crippen molar-refractivity contribution >= 4 is 17.3 Å². The van der Waals surface area contributed by atoms with E-state index in [2.05, 4.69) is 28.7 Å². The number of methoxy groups -OCH3 is 1. The van der Waals surface area contributed by atoms with Crippen LogP contribution in [0.5, 0.6) is 0 Å². The van der Waals surface area contributed by atoms with E-state index in [1.807, 2.05) is 13.1 Å². The number of anilines is 2. The second-order valence-electron chi connectivity index (χ2n) is 12.4. The van der Waals surface area contributed by atoms with Crippen LogP contribution in [-0.2, 0) is 31.1 Å². The highest BCUT2D eigenvalue weighted by molar-refractivity contribution is 6.11. The molecule has 2 N–H and O–H groups in total. The van der Waals surface area contributed by atoms with Crippen molar-refractivity contribution in [2.75, 3.05) is 23.9 Å². The van der Waals surface area contributed by atoms with Gasteiger partial charge in [0.15, 0.2) is 5.69 Å². The number of benzene rings is 2. The molecule has 1 unspecified atom stereocenters. The summed E-state index contributed by atoms with van der Waals surface area (Å²) in [6.45, 7) is 2.47. The summed E-state index contributed by atoms with van der Waals surface area (Å²) < 4.78 is 52.7. The molecule has 0 saturated heterocycles. The molecule has 3 aromatic rings. The Labute approximate surface area is 254 Å².